The minimum Gasteiger partial charge on any atom is -0.351 e. The molecule has 1 aromatic carbocycles. The Morgan fingerprint density at radius 1 is 1.23 bits per heavy atom. The van der Waals surface area contributed by atoms with E-state index >= 15 is 0 Å². The molecule has 5 nitrogen and oxygen atoms in total. The molecule has 0 unspecified atom stereocenters. The van der Waals surface area contributed by atoms with Crippen LogP contribution in [0, 0.1) is 5.92 Å². The normalized spacial score (nSPS) is 17.4. The number of thiophene rings is 1. The molecule has 0 spiro atoms. The van der Waals surface area contributed by atoms with E-state index < -0.39 is 0 Å². The van der Waals surface area contributed by atoms with Crippen LogP contribution in [0.5, 0.6) is 0 Å². The van der Waals surface area contributed by atoms with Gasteiger partial charge >= 0.3 is 0 Å². The molecule has 4 rings (SSSR count). The number of H-pyrrole nitrogens is 1. The summed E-state index contributed by atoms with van der Waals surface area (Å²) >= 11 is 1.63. The van der Waals surface area contributed by atoms with Crippen molar-refractivity contribution in [1.29, 1.82) is 0 Å². The van der Waals surface area contributed by atoms with Gasteiger partial charge in [-0.15, -0.1) is 11.3 Å². The van der Waals surface area contributed by atoms with E-state index in [1.54, 1.807) is 16.2 Å². The van der Waals surface area contributed by atoms with Crippen molar-refractivity contribution in [2.75, 3.05) is 13.1 Å². The number of nitrogens with zero attached hydrogens (tertiary/aromatic N) is 1. The third-order valence-corrected chi connectivity index (χ3v) is 5.73. The second-order valence-corrected chi connectivity index (χ2v) is 7.69. The Balaban J connectivity index is 1.40. The number of aromatic amines is 1. The molecule has 0 saturated carbocycles. The van der Waals surface area contributed by atoms with E-state index in [9.17, 15) is 9.59 Å². The molecular weight excluding hydrogens is 346 g/mol. The van der Waals surface area contributed by atoms with Gasteiger partial charge in [0, 0.05) is 28.9 Å². The van der Waals surface area contributed by atoms with E-state index in [4.69, 9.17) is 0 Å². The Kier molecular flexibility index (Phi) is 4.75. The van der Waals surface area contributed by atoms with Gasteiger partial charge in [0.15, 0.2) is 0 Å². The number of fused-ring (bicyclic) bond motifs is 1. The Hall–Kier alpha value is -2.60. The highest BCUT2D eigenvalue weighted by Gasteiger charge is 2.29. The molecule has 2 N–H and O–H groups in total. The molecule has 1 fully saturated rings. The van der Waals surface area contributed by atoms with Crippen molar-refractivity contribution >= 4 is 34.1 Å². The maximum absolute atomic E-state index is 12.8. The lowest BCUT2D eigenvalue weighted by Gasteiger charge is -2.31. The third-order valence-electron chi connectivity index (χ3n) is 4.86. The largest absolute Gasteiger partial charge is 0.351 e. The van der Waals surface area contributed by atoms with Crippen LogP contribution >= 0.6 is 11.3 Å². The average Bonchev–Trinajstić information content (AvgIpc) is 3.35. The minimum atomic E-state index is -0.142. The maximum atomic E-state index is 12.8. The van der Waals surface area contributed by atoms with E-state index in [2.05, 4.69) is 10.3 Å². The van der Waals surface area contributed by atoms with E-state index in [1.807, 2.05) is 47.8 Å². The Morgan fingerprint density at radius 3 is 2.92 bits per heavy atom. The molecule has 1 atom stereocenters. The standard InChI is InChI=1S/C20H21N3O2S/c24-19(21-12-16-7-4-10-26-16)15-6-3-9-23(13-15)20(25)18-11-14-5-1-2-8-17(14)22-18/h1-2,4-5,7-8,10-11,15,22H,3,6,9,12-13H2,(H,21,24)/t15-/m1/s1. The molecule has 0 radical (unpaired) electrons. The summed E-state index contributed by atoms with van der Waals surface area (Å²) in [5.74, 6) is -0.137. The summed E-state index contributed by atoms with van der Waals surface area (Å²) in [6.07, 6.45) is 1.68. The zero-order chi connectivity index (χ0) is 17.9. The lowest BCUT2D eigenvalue weighted by atomic mass is 9.97. The van der Waals surface area contributed by atoms with Gasteiger partial charge in [-0.2, -0.15) is 0 Å². The van der Waals surface area contributed by atoms with Crippen molar-refractivity contribution in [2.45, 2.75) is 19.4 Å². The second-order valence-electron chi connectivity index (χ2n) is 6.66. The highest BCUT2D eigenvalue weighted by Crippen LogP contribution is 2.21. The first-order valence-corrected chi connectivity index (χ1v) is 9.76. The SMILES string of the molecule is O=C(NCc1cccs1)[C@@H]1CCCN(C(=O)c2cc3ccccc3[nH]2)C1. The summed E-state index contributed by atoms with van der Waals surface area (Å²) in [5, 5.41) is 6.03. The number of hydrogen-bond donors (Lipinski definition) is 2. The van der Waals surface area contributed by atoms with E-state index in [1.165, 1.54) is 0 Å². The zero-order valence-corrected chi connectivity index (χ0v) is 15.2. The summed E-state index contributed by atoms with van der Waals surface area (Å²) in [6, 6.07) is 13.7. The number of likely N-dealkylation sites (tertiary alicyclic amines) is 1. The summed E-state index contributed by atoms with van der Waals surface area (Å²) < 4.78 is 0. The van der Waals surface area contributed by atoms with Gasteiger partial charge in [-0.3, -0.25) is 9.59 Å². The van der Waals surface area contributed by atoms with Gasteiger partial charge in [0.1, 0.15) is 5.69 Å². The lowest BCUT2D eigenvalue weighted by molar-refractivity contribution is -0.126. The van der Waals surface area contributed by atoms with Gasteiger partial charge in [-0.05, 0) is 36.4 Å². The summed E-state index contributed by atoms with van der Waals surface area (Å²) in [7, 11) is 0. The maximum Gasteiger partial charge on any atom is 0.270 e. The predicted molar refractivity (Wildman–Crippen MR) is 103 cm³/mol. The number of hydrogen-bond acceptors (Lipinski definition) is 3. The fourth-order valence-corrected chi connectivity index (χ4v) is 4.11. The first kappa shape index (κ1) is 16.8. The minimum absolute atomic E-state index is 0.0306. The van der Waals surface area contributed by atoms with Crippen LogP contribution in [-0.4, -0.2) is 34.8 Å². The Bertz CT molecular complexity index is 883. The van der Waals surface area contributed by atoms with Gasteiger partial charge < -0.3 is 15.2 Å². The van der Waals surface area contributed by atoms with Gasteiger partial charge in [0.25, 0.3) is 5.91 Å². The highest BCUT2D eigenvalue weighted by molar-refractivity contribution is 7.09. The summed E-state index contributed by atoms with van der Waals surface area (Å²) in [5.41, 5.74) is 1.55. The molecule has 1 aliphatic rings. The molecule has 2 amide bonds. The van der Waals surface area contributed by atoms with Gasteiger partial charge in [0.2, 0.25) is 5.91 Å². The van der Waals surface area contributed by atoms with E-state index in [-0.39, 0.29) is 17.7 Å². The highest BCUT2D eigenvalue weighted by atomic mass is 32.1. The smallest absolute Gasteiger partial charge is 0.270 e. The molecule has 134 valence electrons. The van der Waals surface area contributed by atoms with Crippen LogP contribution < -0.4 is 5.32 Å². The first-order chi connectivity index (χ1) is 12.7. The number of nitrogens with one attached hydrogen (secondary N) is 2. The number of para-hydroxylation sites is 1. The number of benzene rings is 1. The molecule has 2 aromatic heterocycles. The number of carbonyl (C=O) groups is 2. The number of rotatable bonds is 4. The Morgan fingerprint density at radius 2 is 2.12 bits per heavy atom. The van der Waals surface area contributed by atoms with Crippen LogP contribution in [0.3, 0.4) is 0 Å². The monoisotopic (exact) mass is 367 g/mol. The van der Waals surface area contributed by atoms with Crippen LogP contribution in [0.15, 0.2) is 47.8 Å². The average molecular weight is 367 g/mol. The molecular formula is C20H21N3O2S. The summed E-state index contributed by atoms with van der Waals surface area (Å²) in [6.45, 7) is 1.73. The predicted octanol–water partition coefficient (Wildman–Crippen LogP) is 3.40. The molecule has 1 saturated heterocycles. The molecule has 0 bridgehead atoms. The van der Waals surface area contributed by atoms with Gasteiger partial charge in [-0.25, -0.2) is 0 Å². The van der Waals surface area contributed by atoms with Crippen molar-refractivity contribution in [3.05, 3.63) is 58.4 Å². The van der Waals surface area contributed by atoms with Crippen molar-refractivity contribution in [2.24, 2.45) is 5.92 Å². The van der Waals surface area contributed by atoms with Crippen LogP contribution in [-0.2, 0) is 11.3 Å². The Labute approximate surface area is 156 Å². The molecule has 3 aromatic rings. The topological polar surface area (TPSA) is 65.2 Å². The van der Waals surface area contributed by atoms with Crippen LogP contribution in [0.25, 0.3) is 10.9 Å². The van der Waals surface area contributed by atoms with Crippen LogP contribution in [0.1, 0.15) is 28.2 Å². The number of aromatic nitrogens is 1. The second kappa shape index (κ2) is 7.33. The van der Waals surface area contributed by atoms with Crippen molar-refractivity contribution in [1.82, 2.24) is 15.2 Å². The number of amides is 2. The van der Waals surface area contributed by atoms with Crippen molar-refractivity contribution in [3.8, 4) is 0 Å². The van der Waals surface area contributed by atoms with Crippen LogP contribution in [0.4, 0.5) is 0 Å². The van der Waals surface area contributed by atoms with E-state index in [0.29, 0.717) is 25.3 Å². The van der Waals surface area contributed by atoms with E-state index in [0.717, 1.165) is 28.6 Å². The van der Waals surface area contributed by atoms with Gasteiger partial charge in [-0.1, -0.05) is 24.3 Å². The van der Waals surface area contributed by atoms with Crippen molar-refractivity contribution < 1.29 is 9.59 Å². The fourth-order valence-electron chi connectivity index (χ4n) is 3.47. The summed E-state index contributed by atoms with van der Waals surface area (Å²) in [4.78, 5) is 31.5. The zero-order valence-electron chi connectivity index (χ0n) is 14.4. The van der Waals surface area contributed by atoms with Crippen molar-refractivity contribution in [3.63, 3.8) is 0 Å². The molecule has 6 heteroatoms. The quantitative estimate of drug-likeness (QED) is 0.742. The molecule has 26 heavy (non-hydrogen) atoms. The lowest BCUT2D eigenvalue weighted by Crippen LogP contribution is -2.45. The third kappa shape index (κ3) is 3.51. The van der Waals surface area contributed by atoms with Gasteiger partial charge in [0.05, 0.1) is 12.5 Å². The molecule has 1 aliphatic heterocycles. The van der Waals surface area contributed by atoms with Crippen LogP contribution in [0.2, 0.25) is 0 Å². The molecule has 0 aliphatic carbocycles. The first-order valence-electron chi connectivity index (χ1n) is 8.88. The number of carbonyl (C=O) groups excluding carboxylic acids is 2. The molecule has 3 heterocycles. The number of piperidine rings is 1. The fraction of sp³-hybridized carbons (Fsp3) is 0.300.